The quantitative estimate of drug-likeness (QED) is 0.150. The molecule has 49 heavy (non-hydrogen) atoms. The first-order chi connectivity index (χ1) is 23.2. The first-order valence-electron chi connectivity index (χ1n) is 18.3. The van der Waals surface area contributed by atoms with Crippen molar-refractivity contribution >= 4 is 23.4 Å². The van der Waals surface area contributed by atoms with Crippen molar-refractivity contribution in [1.29, 1.82) is 0 Å². The number of hydrogen-bond donors (Lipinski definition) is 1. The molecule has 4 fully saturated rings. The minimum Gasteiger partial charge on any atom is -0.462 e. The molecule has 6 rings (SSSR count). The lowest BCUT2D eigenvalue weighted by atomic mass is 9.43. The molecule has 2 spiro atoms. The molecule has 0 aliphatic heterocycles. The minimum absolute atomic E-state index is 0.118. The molecule has 0 amide bonds. The molecule has 8 heteroatoms. The number of carbonyl (C=O) groups excluding carboxylic acids is 3. The highest BCUT2D eigenvalue weighted by Crippen LogP contribution is 2.87. The number of ketones is 1. The van der Waals surface area contributed by atoms with E-state index in [0.717, 1.165) is 43.4 Å². The van der Waals surface area contributed by atoms with Crippen molar-refractivity contribution in [3.63, 3.8) is 0 Å². The molecule has 0 radical (unpaired) electrons. The van der Waals surface area contributed by atoms with Gasteiger partial charge in [0, 0.05) is 44.1 Å². The molecule has 12 atom stereocenters. The monoisotopic (exact) mass is 673 g/mol. The second-order valence-corrected chi connectivity index (χ2v) is 16.6. The summed E-state index contributed by atoms with van der Waals surface area (Å²) < 4.78 is 12.0. The van der Waals surface area contributed by atoms with Crippen LogP contribution in [0.4, 0.5) is 0 Å². The second-order valence-electron chi connectivity index (χ2n) is 16.6. The molecule has 1 aromatic rings. The summed E-state index contributed by atoms with van der Waals surface area (Å²) in [5.74, 6) is -1.16. The number of carbonyl (C=O) groups is 3. The molecule has 0 aromatic heterocycles. The van der Waals surface area contributed by atoms with Crippen LogP contribution in [0.15, 0.2) is 59.8 Å². The summed E-state index contributed by atoms with van der Waals surface area (Å²) in [6.07, 6.45) is 9.21. The van der Waals surface area contributed by atoms with E-state index in [4.69, 9.17) is 14.3 Å². The van der Waals surface area contributed by atoms with Gasteiger partial charge in [-0.3, -0.25) is 14.4 Å². The van der Waals surface area contributed by atoms with Crippen LogP contribution < -0.4 is 0 Å². The van der Waals surface area contributed by atoms with Crippen molar-refractivity contribution in [2.75, 3.05) is 6.61 Å². The maximum Gasteiger partial charge on any atom is 0.303 e. The van der Waals surface area contributed by atoms with Crippen molar-refractivity contribution in [3.8, 4) is 0 Å². The average Bonchev–Trinajstić information content (AvgIpc) is 3.67. The summed E-state index contributed by atoms with van der Waals surface area (Å²) in [5, 5.41) is 14.4. The molecule has 0 saturated heterocycles. The summed E-state index contributed by atoms with van der Waals surface area (Å²) in [6.45, 7) is 17.7. The first-order valence-corrected chi connectivity index (χ1v) is 18.3. The molecule has 1 aromatic carbocycles. The topological polar surface area (TPSA) is 111 Å². The van der Waals surface area contributed by atoms with Gasteiger partial charge in [-0.25, -0.2) is 0 Å². The average molecular weight is 674 g/mol. The lowest BCUT2D eigenvalue weighted by Crippen LogP contribution is -2.56. The number of benzene rings is 1. The third-order valence-electron chi connectivity index (χ3n) is 14.4. The Morgan fingerprint density at radius 2 is 1.76 bits per heavy atom. The molecular formula is C41H55NO7. The Morgan fingerprint density at radius 1 is 1.04 bits per heavy atom. The molecule has 0 bridgehead atoms. The number of aliphatic hydroxyl groups is 1. The lowest BCUT2D eigenvalue weighted by Gasteiger charge is -2.61. The van der Waals surface area contributed by atoms with Crippen molar-refractivity contribution in [3.05, 3.63) is 60.2 Å². The van der Waals surface area contributed by atoms with E-state index < -0.39 is 30.0 Å². The van der Waals surface area contributed by atoms with Crippen molar-refractivity contribution in [2.45, 2.75) is 106 Å². The number of aliphatic hydroxyl groups excluding tert-OH is 1. The molecule has 1 N–H and O–H groups in total. The molecule has 5 aliphatic rings. The van der Waals surface area contributed by atoms with Gasteiger partial charge < -0.3 is 19.4 Å². The van der Waals surface area contributed by atoms with E-state index in [0.29, 0.717) is 24.9 Å². The van der Waals surface area contributed by atoms with Crippen LogP contribution in [-0.4, -0.2) is 47.4 Å². The minimum atomic E-state index is -1.08. The highest BCUT2D eigenvalue weighted by Gasteiger charge is 2.81. The first kappa shape index (κ1) is 35.6. The van der Waals surface area contributed by atoms with E-state index in [1.54, 1.807) is 6.92 Å². The standard InChI is InChI=1S/C41H55NO7/c1-24(21-43)25(2)36(46)37(49-29(6)45)27(4)35-33(48-28(5)44)20-39(8)34-15-14-31-26(3)32(42-47-22-30-12-10-9-11-13-30)16-17-40(31)23-41(34,40)19-18-38(35,39)7/h9-13,16-17,24,26-27,31,33-35,37,43H,2,14-15,18-23H2,1,3-8H3/b42-32+/t24-,26-,27?,31-,33-,34-,35-,37+,38+,39-,40?,41?/m0/s1. The zero-order chi connectivity index (χ0) is 35.5. The number of ether oxygens (including phenoxy) is 2. The number of esters is 2. The van der Waals surface area contributed by atoms with E-state index in [1.165, 1.54) is 13.8 Å². The fourth-order valence-corrected chi connectivity index (χ4v) is 11.8. The van der Waals surface area contributed by atoms with Crippen LogP contribution in [-0.2, 0) is 35.3 Å². The van der Waals surface area contributed by atoms with Gasteiger partial charge in [-0.15, -0.1) is 0 Å². The van der Waals surface area contributed by atoms with Crippen LogP contribution in [0.1, 0.15) is 92.6 Å². The zero-order valence-corrected chi connectivity index (χ0v) is 30.4. The number of fused-ring (bicyclic) bond motifs is 2. The van der Waals surface area contributed by atoms with Crippen LogP contribution >= 0.6 is 0 Å². The number of rotatable bonds is 11. The molecule has 0 heterocycles. The molecular weight excluding hydrogens is 618 g/mol. The van der Waals surface area contributed by atoms with Gasteiger partial charge in [-0.1, -0.05) is 82.8 Å². The Kier molecular flexibility index (Phi) is 9.30. The fourth-order valence-electron chi connectivity index (χ4n) is 11.8. The summed E-state index contributed by atoms with van der Waals surface area (Å²) in [5.41, 5.74) is 2.20. The Balaban J connectivity index is 1.30. The van der Waals surface area contributed by atoms with E-state index >= 15 is 0 Å². The Morgan fingerprint density at radius 3 is 2.41 bits per heavy atom. The smallest absolute Gasteiger partial charge is 0.303 e. The second kappa shape index (κ2) is 12.8. The third-order valence-corrected chi connectivity index (χ3v) is 14.4. The number of Topliss-reactive ketones (excluding diaryl/α,β-unsaturated/α-hetero) is 1. The zero-order valence-electron chi connectivity index (χ0n) is 30.4. The highest BCUT2D eigenvalue weighted by atomic mass is 16.6. The van der Waals surface area contributed by atoms with Gasteiger partial charge in [0.05, 0.1) is 5.71 Å². The Labute approximate surface area is 291 Å². The predicted octanol–water partition coefficient (Wildman–Crippen LogP) is 7.25. The van der Waals surface area contributed by atoms with Gasteiger partial charge in [-0.2, -0.15) is 0 Å². The van der Waals surface area contributed by atoms with Crippen molar-refractivity contribution in [2.24, 2.45) is 62.3 Å². The van der Waals surface area contributed by atoms with Gasteiger partial charge in [0.2, 0.25) is 0 Å². The van der Waals surface area contributed by atoms with Crippen molar-refractivity contribution in [1.82, 2.24) is 0 Å². The predicted molar refractivity (Wildman–Crippen MR) is 187 cm³/mol. The van der Waals surface area contributed by atoms with Crippen LogP contribution in [0.5, 0.6) is 0 Å². The van der Waals surface area contributed by atoms with Gasteiger partial charge in [0.25, 0.3) is 0 Å². The number of hydrogen-bond acceptors (Lipinski definition) is 8. The molecule has 266 valence electrons. The molecule has 3 unspecified atom stereocenters. The summed E-state index contributed by atoms with van der Waals surface area (Å²) in [4.78, 5) is 44.7. The summed E-state index contributed by atoms with van der Waals surface area (Å²) in [6, 6.07) is 10.1. The maximum atomic E-state index is 13.9. The lowest BCUT2D eigenvalue weighted by molar-refractivity contribution is -0.166. The molecule has 5 aliphatic carbocycles. The highest BCUT2D eigenvalue weighted by molar-refractivity contribution is 6.00. The summed E-state index contributed by atoms with van der Waals surface area (Å²) in [7, 11) is 0. The summed E-state index contributed by atoms with van der Waals surface area (Å²) >= 11 is 0. The molecule has 8 nitrogen and oxygen atoms in total. The van der Waals surface area contributed by atoms with Gasteiger partial charge in [0.15, 0.2) is 11.9 Å². The Bertz CT molecular complexity index is 1550. The fraction of sp³-hybridized carbons (Fsp3) is 0.659. The normalized spacial score (nSPS) is 39.7. The maximum absolute atomic E-state index is 13.9. The molecule has 4 saturated carbocycles. The van der Waals surface area contributed by atoms with E-state index in [2.05, 4.69) is 44.7 Å². The largest absolute Gasteiger partial charge is 0.462 e. The van der Waals surface area contributed by atoms with Crippen molar-refractivity contribution < 1.29 is 33.8 Å². The number of allylic oxidation sites excluding steroid dienone is 2. The third kappa shape index (κ3) is 5.51. The van der Waals surface area contributed by atoms with E-state index in [1.807, 2.05) is 37.3 Å². The van der Waals surface area contributed by atoms with Gasteiger partial charge >= 0.3 is 11.9 Å². The van der Waals surface area contributed by atoms with Crippen LogP contribution in [0.25, 0.3) is 0 Å². The number of oxime groups is 1. The van der Waals surface area contributed by atoms with Gasteiger partial charge in [-0.05, 0) is 89.2 Å². The van der Waals surface area contributed by atoms with Crippen LogP contribution in [0, 0.1) is 57.2 Å². The van der Waals surface area contributed by atoms with Gasteiger partial charge in [0.1, 0.15) is 12.7 Å². The van der Waals surface area contributed by atoms with Crippen LogP contribution in [0.2, 0.25) is 0 Å². The number of nitrogens with zero attached hydrogens (tertiary/aromatic N) is 1. The Hall–Kier alpha value is -3.26. The van der Waals surface area contributed by atoms with E-state index in [9.17, 15) is 19.5 Å². The van der Waals surface area contributed by atoms with Crippen LogP contribution in [0.3, 0.4) is 0 Å². The SMILES string of the molecule is C=C(C(=O)[C@H](OC(C)=O)C(C)[C@H]1[C@@H](OC(C)=O)C[C@@]2(C)[C@@H]3CC[C@H]4[C@H](C)/C(=N/OCc5ccccc5)C=CC45CC35CC[C@]12C)[C@@H](C)CO. The van der Waals surface area contributed by atoms with E-state index in [-0.39, 0.29) is 57.4 Å².